The van der Waals surface area contributed by atoms with Crippen LogP contribution in [0.1, 0.15) is 32.1 Å². The molecule has 0 aromatic heterocycles. The van der Waals surface area contributed by atoms with Crippen LogP contribution in [0.2, 0.25) is 0 Å². The molecule has 2 rings (SSSR count). The second-order valence-corrected chi connectivity index (χ2v) is 4.91. The van der Waals surface area contributed by atoms with Crippen LogP contribution < -0.4 is 5.32 Å². The maximum absolute atomic E-state index is 4.52. The van der Waals surface area contributed by atoms with Crippen LogP contribution in [0.4, 0.5) is 0 Å². The summed E-state index contributed by atoms with van der Waals surface area (Å²) in [7, 11) is 2.22. The molecule has 1 saturated heterocycles. The van der Waals surface area contributed by atoms with Gasteiger partial charge in [0, 0.05) is 19.5 Å². The molecule has 2 aliphatic heterocycles. The number of piperidine rings is 1. The number of rotatable bonds is 2. The van der Waals surface area contributed by atoms with E-state index in [9.17, 15) is 0 Å². The van der Waals surface area contributed by atoms with Crippen LogP contribution in [0.5, 0.6) is 0 Å². The molecule has 86 valence electrons. The molecule has 0 aromatic carbocycles. The van der Waals surface area contributed by atoms with Gasteiger partial charge in [0.25, 0.3) is 0 Å². The molecule has 1 fully saturated rings. The predicted molar refractivity (Wildman–Crippen MR) is 64.4 cm³/mol. The van der Waals surface area contributed by atoms with Gasteiger partial charge >= 0.3 is 0 Å². The fourth-order valence-electron chi connectivity index (χ4n) is 2.37. The molecule has 0 spiro atoms. The van der Waals surface area contributed by atoms with Crippen LogP contribution >= 0.6 is 0 Å². The largest absolute Gasteiger partial charge is 0.374 e. The van der Waals surface area contributed by atoms with E-state index in [1.54, 1.807) is 0 Å². The van der Waals surface area contributed by atoms with Gasteiger partial charge in [-0.05, 0) is 51.7 Å². The van der Waals surface area contributed by atoms with Crippen molar-refractivity contribution in [3.63, 3.8) is 0 Å². The monoisotopic (exact) mass is 209 g/mol. The molecule has 0 aromatic rings. The first-order valence-electron chi connectivity index (χ1n) is 6.30. The molecule has 3 heteroatoms. The summed E-state index contributed by atoms with van der Waals surface area (Å²) in [5, 5.41) is 3.54. The zero-order valence-corrected chi connectivity index (χ0v) is 9.84. The minimum absolute atomic E-state index is 0.867. The van der Waals surface area contributed by atoms with Gasteiger partial charge in [-0.15, -0.1) is 0 Å². The van der Waals surface area contributed by atoms with Gasteiger partial charge in [-0.25, -0.2) is 0 Å². The number of amidine groups is 1. The fourth-order valence-corrected chi connectivity index (χ4v) is 2.37. The average Bonchev–Trinajstić information content (AvgIpc) is 2.30. The van der Waals surface area contributed by atoms with Gasteiger partial charge in [0.15, 0.2) is 0 Å². The molecule has 2 aliphatic rings. The molecular formula is C12H23N3. The molecule has 0 bridgehead atoms. The van der Waals surface area contributed by atoms with Crippen molar-refractivity contribution in [1.29, 1.82) is 0 Å². The Balaban J connectivity index is 1.67. The molecule has 0 saturated carbocycles. The minimum atomic E-state index is 0.867. The van der Waals surface area contributed by atoms with E-state index in [0.29, 0.717) is 0 Å². The highest BCUT2D eigenvalue weighted by Gasteiger charge is 2.16. The van der Waals surface area contributed by atoms with Crippen molar-refractivity contribution in [1.82, 2.24) is 10.2 Å². The molecule has 0 unspecified atom stereocenters. The first-order valence-corrected chi connectivity index (χ1v) is 6.30. The molecule has 1 N–H and O–H groups in total. The van der Waals surface area contributed by atoms with E-state index in [1.165, 1.54) is 51.0 Å². The first kappa shape index (κ1) is 10.9. The zero-order valence-electron chi connectivity index (χ0n) is 9.84. The summed E-state index contributed by atoms with van der Waals surface area (Å²) in [6, 6.07) is 0. The molecule has 0 amide bonds. The van der Waals surface area contributed by atoms with Crippen LogP contribution in [0.3, 0.4) is 0 Å². The van der Waals surface area contributed by atoms with Gasteiger partial charge in [-0.2, -0.15) is 0 Å². The van der Waals surface area contributed by atoms with Crippen LogP contribution in [-0.2, 0) is 0 Å². The van der Waals surface area contributed by atoms with E-state index in [2.05, 4.69) is 22.3 Å². The Hall–Kier alpha value is -0.570. The van der Waals surface area contributed by atoms with Crippen molar-refractivity contribution in [2.24, 2.45) is 10.9 Å². The molecular weight excluding hydrogens is 186 g/mol. The number of likely N-dealkylation sites (tertiary alicyclic amines) is 1. The number of hydrogen-bond donors (Lipinski definition) is 1. The van der Waals surface area contributed by atoms with Gasteiger partial charge < -0.3 is 10.2 Å². The summed E-state index contributed by atoms with van der Waals surface area (Å²) in [5.41, 5.74) is 0. The minimum Gasteiger partial charge on any atom is -0.374 e. The predicted octanol–water partition coefficient (Wildman–Crippen LogP) is 1.50. The lowest BCUT2D eigenvalue weighted by Crippen LogP contribution is -2.37. The lowest BCUT2D eigenvalue weighted by atomic mass is 9.97. The standard InChI is InChI=1S/C12H23N3/c1-15-8-5-11(6-9-15)10-14-12-4-2-3-7-13-12/h11H,2-10H2,1H3,(H,13,14). The van der Waals surface area contributed by atoms with E-state index >= 15 is 0 Å². The van der Waals surface area contributed by atoms with Crippen molar-refractivity contribution in [2.75, 3.05) is 33.2 Å². The van der Waals surface area contributed by atoms with Gasteiger partial charge in [-0.1, -0.05) is 0 Å². The summed E-state index contributed by atoms with van der Waals surface area (Å²) in [4.78, 5) is 6.95. The lowest BCUT2D eigenvalue weighted by Gasteiger charge is -2.29. The number of nitrogens with zero attached hydrogens (tertiary/aromatic N) is 2. The molecule has 15 heavy (non-hydrogen) atoms. The second-order valence-electron chi connectivity index (χ2n) is 4.91. The highest BCUT2D eigenvalue weighted by Crippen LogP contribution is 2.15. The Labute approximate surface area is 92.9 Å². The van der Waals surface area contributed by atoms with Crippen molar-refractivity contribution >= 4 is 5.84 Å². The SMILES string of the molecule is CN1CCC(CNC2=NCCCC2)CC1. The van der Waals surface area contributed by atoms with E-state index in [1.807, 2.05) is 0 Å². The molecule has 3 nitrogen and oxygen atoms in total. The smallest absolute Gasteiger partial charge is 0.0963 e. The molecule has 2 heterocycles. The quantitative estimate of drug-likeness (QED) is 0.746. The summed E-state index contributed by atoms with van der Waals surface area (Å²) in [6.45, 7) is 4.71. The summed E-state index contributed by atoms with van der Waals surface area (Å²) in [5.74, 6) is 2.13. The summed E-state index contributed by atoms with van der Waals surface area (Å²) in [6.07, 6.45) is 6.46. The Kier molecular flexibility index (Phi) is 4.01. The third-order valence-electron chi connectivity index (χ3n) is 3.56. The fraction of sp³-hybridized carbons (Fsp3) is 0.917. The maximum Gasteiger partial charge on any atom is 0.0963 e. The van der Waals surface area contributed by atoms with Crippen LogP contribution in [0, 0.1) is 5.92 Å². The first-order chi connectivity index (χ1) is 7.34. The number of nitrogens with one attached hydrogen (secondary N) is 1. The van der Waals surface area contributed by atoms with Crippen molar-refractivity contribution in [3.05, 3.63) is 0 Å². The topological polar surface area (TPSA) is 27.6 Å². The Bertz CT molecular complexity index is 217. The van der Waals surface area contributed by atoms with Crippen molar-refractivity contribution < 1.29 is 0 Å². The Morgan fingerprint density at radius 3 is 2.80 bits per heavy atom. The zero-order chi connectivity index (χ0) is 10.5. The number of aliphatic imine (C=N–C) groups is 1. The highest BCUT2D eigenvalue weighted by molar-refractivity contribution is 5.82. The Morgan fingerprint density at radius 2 is 2.13 bits per heavy atom. The lowest BCUT2D eigenvalue weighted by molar-refractivity contribution is 0.220. The van der Waals surface area contributed by atoms with Crippen LogP contribution in [-0.4, -0.2) is 44.0 Å². The summed E-state index contributed by atoms with van der Waals surface area (Å²) >= 11 is 0. The van der Waals surface area contributed by atoms with E-state index in [4.69, 9.17) is 0 Å². The van der Waals surface area contributed by atoms with E-state index in [-0.39, 0.29) is 0 Å². The highest BCUT2D eigenvalue weighted by atomic mass is 15.1. The molecule has 0 aliphatic carbocycles. The Morgan fingerprint density at radius 1 is 1.33 bits per heavy atom. The van der Waals surface area contributed by atoms with Crippen molar-refractivity contribution in [3.8, 4) is 0 Å². The summed E-state index contributed by atoms with van der Waals surface area (Å²) < 4.78 is 0. The van der Waals surface area contributed by atoms with Gasteiger partial charge in [0.1, 0.15) is 0 Å². The number of hydrogen-bond acceptors (Lipinski definition) is 3. The molecule has 0 radical (unpaired) electrons. The van der Waals surface area contributed by atoms with Crippen molar-refractivity contribution in [2.45, 2.75) is 32.1 Å². The van der Waals surface area contributed by atoms with E-state index < -0.39 is 0 Å². The van der Waals surface area contributed by atoms with Crippen LogP contribution in [0.25, 0.3) is 0 Å². The van der Waals surface area contributed by atoms with Crippen LogP contribution in [0.15, 0.2) is 4.99 Å². The molecule has 0 atom stereocenters. The second kappa shape index (κ2) is 5.50. The maximum atomic E-state index is 4.52. The van der Waals surface area contributed by atoms with Gasteiger partial charge in [-0.3, -0.25) is 4.99 Å². The third-order valence-corrected chi connectivity index (χ3v) is 3.56. The van der Waals surface area contributed by atoms with E-state index in [0.717, 1.165) is 19.0 Å². The van der Waals surface area contributed by atoms with Gasteiger partial charge in [0.2, 0.25) is 0 Å². The average molecular weight is 209 g/mol. The third kappa shape index (κ3) is 3.49. The van der Waals surface area contributed by atoms with Gasteiger partial charge in [0.05, 0.1) is 5.84 Å². The normalized spacial score (nSPS) is 25.0.